The molecule has 1 unspecified atom stereocenters. The topological polar surface area (TPSA) is 117 Å². The van der Waals surface area contributed by atoms with Gasteiger partial charge in [0.2, 0.25) is 17.7 Å². The molecule has 0 spiro atoms. The minimum absolute atomic E-state index is 0.0522. The quantitative estimate of drug-likeness (QED) is 0.446. The Morgan fingerprint density at radius 3 is 2.44 bits per heavy atom. The average Bonchev–Trinajstić information content (AvgIpc) is 3.55. The van der Waals surface area contributed by atoms with E-state index >= 15 is 0 Å². The van der Waals surface area contributed by atoms with E-state index in [1.165, 1.54) is 0 Å². The monoisotopic (exact) mass is 489 g/mol. The SMILES string of the molecule is Cc1cc(NC(=O)CCC(=O)N(Cc2ccccc2)C(C(=O)NC2CCCC2)c2ccncc2)no1. The predicted octanol–water partition coefficient (Wildman–Crippen LogP) is 3.93. The van der Waals surface area contributed by atoms with Gasteiger partial charge in [0.15, 0.2) is 5.82 Å². The molecule has 3 aromatic rings. The van der Waals surface area contributed by atoms with Crippen LogP contribution in [0.1, 0.15) is 61.5 Å². The summed E-state index contributed by atoms with van der Waals surface area (Å²) < 4.78 is 4.97. The van der Waals surface area contributed by atoms with Gasteiger partial charge in [-0.25, -0.2) is 0 Å². The normalized spacial score (nSPS) is 14.2. The fourth-order valence-electron chi connectivity index (χ4n) is 4.47. The molecule has 2 N–H and O–H groups in total. The highest BCUT2D eigenvalue weighted by atomic mass is 16.5. The number of carbonyl (C=O) groups excluding carboxylic acids is 3. The highest BCUT2D eigenvalue weighted by Crippen LogP contribution is 2.26. The van der Waals surface area contributed by atoms with Gasteiger partial charge in [0.25, 0.3) is 0 Å². The van der Waals surface area contributed by atoms with Crippen LogP contribution in [0.25, 0.3) is 0 Å². The lowest BCUT2D eigenvalue weighted by molar-refractivity contribution is -0.142. The molecule has 9 nitrogen and oxygen atoms in total. The number of carbonyl (C=O) groups is 3. The van der Waals surface area contributed by atoms with Crippen LogP contribution in [0, 0.1) is 6.92 Å². The summed E-state index contributed by atoms with van der Waals surface area (Å²) in [7, 11) is 0. The maximum atomic E-state index is 13.6. The lowest BCUT2D eigenvalue weighted by Gasteiger charge is -2.32. The van der Waals surface area contributed by atoms with Crippen molar-refractivity contribution in [2.75, 3.05) is 5.32 Å². The van der Waals surface area contributed by atoms with Crippen LogP contribution < -0.4 is 10.6 Å². The molecule has 36 heavy (non-hydrogen) atoms. The number of amides is 3. The van der Waals surface area contributed by atoms with Gasteiger partial charge in [0.1, 0.15) is 11.8 Å². The minimum Gasteiger partial charge on any atom is -0.360 e. The number of hydrogen-bond donors (Lipinski definition) is 2. The summed E-state index contributed by atoms with van der Waals surface area (Å²) in [5.41, 5.74) is 1.56. The molecule has 2 heterocycles. The molecular formula is C27H31N5O4. The molecule has 1 fully saturated rings. The molecule has 0 saturated heterocycles. The smallest absolute Gasteiger partial charge is 0.247 e. The van der Waals surface area contributed by atoms with Gasteiger partial charge >= 0.3 is 0 Å². The van der Waals surface area contributed by atoms with Crippen molar-refractivity contribution in [3.63, 3.8) is 0 Å². The number of aromatic nitrogens is 2. The molecule has 0 bridgehead atoms. The molecule has 188 valence electrons. The molecule has 2 aromatic heterocycles. The van der Waals surface area contributed by atoms with Crippen molar-refractivity contribution >= 4 is 23.5 Å². The van der Waals surface area contributed by atoms with Crippen molar-refractivity contribution in [2.45, 2.75) is 64.1 Å². The van der Waals surface area contributed by atoms with Crippen LogP contribution in [-0.4, -0.2) is 38.8 Å². The molecule has 0 aliphatic heterocycles. The molecule has 1 aliphatic carbocycles. The van der Waals surface area contributed by atoms with Crippen LogP contribution >= 0.6 is 0 Å². The van der Waals surface area contributed by atoms with E-state index in [1.54, 1.807) is 42.4 Å². The molecule has 1 aromatic carbocycles. The first-order valence-electron chi connectivity index (χ1n) is 12.3. The van der Waals surface area contributed by atoms with Crippen molar-refractivity contribution in [3.05, 3.63) is 77.8 Å². The molecule has 0 radical (unpaired) electrons. The number of nitrogens with zero attached hydrogens (tertiary/aromatic N) is 3. The highest BCUT2D eigenvalue weighted by Gasteiger charge is 2.33. The van der Waals surface area contributed by atoms with Gasteiger partial charge in [-0.05, 0) is 43.0 Å². The first kappa shape index (κ1) is 25.1. The van der Waals surface area contributed by atoms with Crippen molar-refractivity contribution < 1.29 is 18.9 Å². The largest absolute Gasteiger partial charge is 0.360 e. The zero-order valence-electron chi connectivity index (χ0n) is 20.4. The Hall–Kier alpha value is -4.01. The second-order valence-electron chi connectivity index (χ2n) is 9.05. The van der Waals surface area contributed by atoms with E-state index in [0.717, 1.165) is 31.2 Å². The standard InChI is InChI=1S/C27H31N5O4/c1-19-17-23(31-36-19)30-24(33)11-12-25(34)32(18-20-7-3-2-4-8-20)26(21-13-15-28-16-14-21)27(35)29-22-9-5-6-10-22/h2-4,7-8,13-17,22,26H,5-6,9-12,18H2,1H3,(H,29,35)(H,30,31,33). The van der Waals surface area contributed by atoms with Gasteiger partial charge in [-0.3, -0.25) is 19.4 Å². The van der Waals surface area contributed by atoms with E-state index in [9.17, 15) is 14.4 Å². The third-order valence-corrected chi connectivity index (χ3v) is 6.26. The number of pyridine rings is 1. The van der Waals surface area contributed by atoms with Gasteiger partial charge in [0, 0.05) is 43.9 Å². The van der Waals surface area contributed by atoms with Gasteiger partial charge in [-0.1, -0.05) is 48.3 Å². The highest BCUT2D eigenvalue weighted by molar-refractivity contribution is 5.94. The summed E-state index contributed by atoms with van der Waals surface area (Å²) in [6.07, 6.45) is 7.15. The lowest BCUT2D eigenvalue weighted by atomic mass is 10.0. The van der Waals surface area contributed by atoms with Crippen molar-refractivity contribution in [3.8, 4) is 0 Å². The summed E-state index contributed by atoms with van der Waals surface area (Å²) in [5.74, 6) is 0.00128. The number of hydrogen-bond acceptors (Lipinski definition) is 6. The minimum atomic E-state index is -0.845. The number of benzene rings is 1. The molecule has 3 amide bonds. The first-order chi connectivity index (χ1) is 17.5. The molecule has 1 atom stereocenters. The van der Waals surface area contributed by atoms with Crippen LogP contribution in [0.3, 0.4) is 0 Å². The second-order valence-corrected chi connectivity index (χ2v) is 9.05. The van der Waals surface area contributed by atoms with E-state index < -0.39 is 6.04 Å². The summed E-state index contributed by atoms with van der Waals surface area (Å²) in [6.45, 7) is 1.96. The maximum absolute atomic E-state index is 13.6. The van der Waals surface area contributed by atoms with Crippen LogP contribution in [-0.2, 0) is 20.9 Å². The van der Waals surface area contributed by atoms with Gasteiger partial charge in [-0.15, -0.1) is 0 Å². The van der Waals surface area contributed by atoms with Crippen LogP contribution in [0.2, 0.25) is 0 Å². The molecule has 1 aliphatic rings. The Bertz CT molecular complexity index is 1160. The molecule has 1 saturated carbocycles. The number of rotatable bonds is 10. The van der Waals surface area contributed by atoms with E-state index in [2.05, 4.69) is 20.8 Å². The average molecular weight is 490 g/mol. The van der Waals surface area contributed by atoms with Crippen LogP contribution in [0.15, 0.2) is 65.4 Å². The van der Waals surface area contributed by atoms with Gasteiger partial charge in [0.05, 0.1) is 0 Å². The third kappa shape index (κ3) is 6.78. The zero-order valence-corrected chi connectivity index (χ0v) is 20.4. The summed E-state index contributed by atoms with van der Waals surface area (Å²) in [5, 5.41) is 9.54. The Morgan fingerprint density at radius 1 is 1.06 bits per heavy atom. The van der Waals surface area contributed by atoms with E-state index in [-0.39, 0.29) is 43.1 Å². The zero-order chi connectivity index (χ0) is 25.3. The van der Waals surface area contributed by atoms with Gasteiger partial charge in [-0.2, -0.15) is 0 Å². The van der Waals surface area contributed by atoms with Crippen molar-refractivity contribution in [1.82, 2.24) is 20.4 Å². The lowest BCUT2D eigenvalue weighted by Crippen LogP contribution is -2.46. The maximum Gasteiger partial charge on any atom is 0.247 e. The molecule has 9 heteroatoms. The van der Waals surface area contributed by atoms with Crippen LogP contribution in [0.5, 0.6) is 0 Å². The number of aryl methyl sites for hydroxylation is 1. The van der Waals surface area contributed by atoms with Crippen molar-refractivity contribution in [1.29, 1.82) is 0 Å². The van der Waals surface area contributed by atoms with E-state index in [1.807, 2.05) is 30.3 Å². The molecular weight excluding hydrogens is 458 g/mol. The second kappa shape index (κ2) is 12.1. The Kier molecular flexibility index (Phi) is 8.44. The third-order valence-electron chi connectivity index (χ3n) is 6.26. The summed E-state index contributed by atoms with van der Waals surface area (Å²) in [4.78, 5) is 45.3. The summed E-state index contributed by atoms with van der Waals surface area (Å²) >= 11 is 0. The first-order valence-corrected chi connectivity index (χ1v) is 12.3. The Labute approximate surface area is 210 Å². The fourth-order valence-corrected chi connectivity index (χ4v) is 4.47. The number of nitrogens with one attached hydrogen (secondary N) is 2. The van der Waals surface area contributed by atoms with E-state index in [0.29, 0.717) is 17.1 Å². The summed E-state index contributed by atoms with van der Waals surface area (Å²) in [6, 6.07) is 13.9. The number of anilines is 1. The van der Waals surface area contributed by atoms with Crippen molar-refractivity contribution in [2.24, 2.45) is 0 Å². The Balaban J connectivity index is 1.55. The fraction of sp³-hybridized carbons (Fsp3) is 0.370. The van der Waals surface area contributed by atoms with Gasteiger partial charge < -0.3 is 20.1 Å². The predicted molar refractivity (Wildman–Crippen MR) is 133 cm³/mol. The van der Waals surface area contributed by atoms with Crippen LogP contribution in [0.4, 0.5) is 5.82 Å². The Morgan fingerprint density at radius 2 is 1.78 bits per heavy atom. The molecule has 4 rings (SSSR count). The van der Waals surface area contributed by atoms with E-state index in [4.69, 9.17) is 4.52 Å².